The van der Waals surface area contributed by atoms with Crippen molar-refractivity contribution in [1.82, 2.24) is 15.0 Å². The molecule has 5 heteroatoms. The maximum absolute atomic E-state index is 8.79. The fraction of sp³-hybridized carbons (Fsp3) is 0.429. The van der Waals surface area contributed by atoms with Gasteiger partial charge >= 0.3 is 0 Å². The second kappa shape index (κ2) is 6.89. The lowest BCUT2D eigenvalue weighted by Crippen LogP contribution is -2.03. The van der Waals surface area contributed by atoms with E-state index in [1.165, 1.54) is 0 Å². The Morgan fingerprint density at radius 2 is 2.16 bits per heavy atom. The topological polar surface area (TPSA) is 60.2 Å². The molecule has 0 aliphatic rings. The Balaban J connectivity index is 2.06. The summed E-state index contributed by atoms with van der Waals surface area (Å²) in [7, 11) is 0. The molecule has 0 amide bonds. The van der Waals surface area contributed by atoms with Crippen LogP contribution in [0.3, 0.4) is 0 Å². The lowest BCUT2D eigenvalue weighted by molar-refractivity contribution is 0.288. The fourth-order valence-electron chi connectivity index (χ4n) is 1.90. The van der Waals surface area contributed by atoms with Crippen LogP contribution in [-0.4, -0.2) is 33.3 Å². The highest BCUT2D eigenvalue weighted by molar-refractivity contribution is 5.33. The molecule has 19 heavy (non-hydrogen) atoms. The van der Waals surface area contributed by atoms with E-state index in [1.54, 1.807) is 4.68 Å². The molecule has 5 nitrogen and oxygen atoms in total. The van der Waals surface area contributed by atoms with Crippen LogP contribution >= 0.6 is 0 Å². The summed E-state index contributed by atoms with van der Waals surface area (Å²) in [6.45, 7) is 3.44. The highest BCUT2D eigenvalue weighted by atomic mass is 16.5. The van der Waals surface area contributed by atoms with Crippen LogP contribution in [0.15, 0.2) is 30.5 Å². The number of para-hydroxylation sites is 1. The number of aryl methyl sites for hydroxylation is 1. The van der Waals surface area contributed by atoms with Crippen LogP contribution in [0.4, 0.5) is 0 Å². The summed E-state index contributed by atoms with van der Waals surface area (Å²) in [5.41, 5.74) is 1.99. The molecule has 0 radical (unpaired) electrons. The van der Waals surface area contributed by atoms with E-state index >= 15 is 0 Å². The summed E-state index contributed by atoms with van der Waals surface area (Å²) in [5, 5.41) is 17.0. The minimum atomic E-state index is 0.181. The average molecular weight is 261 g/mol. The summed E-state index contributed by atoms with van der Waals surface area (Å²) in [6.07, 6.45) is 3.39. The fourth-order valence-corrected chi connectivity index (χ4v) is 1.90. The molecule has 0 saturated heterocycles. The first kappa shape index (κ1) is 13.5. The van der Waals surface area contributed by atoms with E-state index in [1.807, 2.05) is 37.4 Å². The Hall–Kier alpha value is -1.88. The van der Waals surface area contributed by atoms with Gasteiger partial charge < -0.3 is 9.84 Å². The number of hydrogen-bond donors (Lipinski definition) is 1. The molecule has 0 spiro atoms. The molecule has 0 aliphatic heterocycles. The van der Waals surface area contributed by atoms with Gasteiger partial charge in [0.05, 0.1) is 18.8 Å². The van der Waals surface area contributed by atoms with Gasteiger partial charge in [0, 0.05) is 18.4 Å². The van der Waals surface area contributed by atoms with Crippen molar-refractivity contribution in [3.8, 4) is 5.75 Å². The first-order chi connectivity index (χ1) is 9.33. The third-order valence-electron chi connectivity index (χ3n) is 2.78. The molecule has 0 bridgehead atoms. The normalized spacial score (nSPS) is 10.6. The number of benzene rings is 1. The zero-order valence-electron chi connectivity index (χ0n) is 11.1. The van der Waals surface area contributed by atoms with Crippen LogP contribution in [0.2, 0.25) is 0 Å². The molecule has 0 fully saturated rings. The second-order valence-corrected chi connectivity index (χ2v) is 4.28. The Morgan fingerprint density at radius 3 is 2.95 bits per heavy atom. The number of aliphatic hydroxyl groups is 1. The van der Waals surface area contributed by atoms with Gasteiger partial charge in [0.25, 0.3) is 0 Å². The first-order valence-corrected chi connectivity index (χ1v) is 6.54. The predicted octanol–water partition coefficient (Wildman–Crippen LogP) is 1.65. The molecule has 102 valence electrons. The van der Waals surface area contributed by atoms with E-state index < -0.39 is 0 Å². The van der Waals surface area contributed by atoms with Gasteiger partial charge in [-0.25, -0.2) is 4.68 Å². The van der Waals surface area contributed by atoms with Crippen molar-refractivity contribution >= 4 is 0 Å². The molecule has 0 aliphatic carbocycles. The van der Waals surface area contributed by atoms with Crippen molar-refractivity contribution < 1.29 is 9.84 Å². The molecule has 0 unspecified atom stereocenters. The van der Waals surface area contributed by atoms with E-state index in [4.69, 9.17) is 9.84 Å². The second-order valence-electron chi connectivity index (χ2n) is 4.28. The largest absolute Gasteiger partial charge is 0.494 e. The minimum absolute atomic E-state index is 0.181. The van der Waals surface area contributed by atoms with E-state index in [0.717, 1.165) is 23.4 Å². The SMILES string of the molecule is CCOc1ccccc1Cn1cc(CCCO)nn1. The molecule has 1 heterocycles. The van der Waals surface area contributed by atoms with Crippen molar-refractivity contribution in [2.75, 3.05) is 13.2 Å². The van der Waals surface area contributed by atoms with Crippen LogP contribution in [0.5, 0.6) is 5.75 Å². The highest BCUT2D eigenvalue weighted by Gasteiger charge is 2.05. The first-order valence-electron chi connectivity index (χ1n) is 6.54. The lowest BCUT2D eigenvalue weighted by atomic mass is 10.2. The Labute approximate surface area is 112 Å². The molecular formula is C14H19N3O2. The van der Waals surface area contributed by atoms with E-state index in [9.17, 15) is 0 Å². The standard InChI is InChI=1S/C14H19N3O2/c1-2-19-14-8-4-3-6-12(14)10-17-11-13(15-16-17)7-5-9-18/h3-4,6,8,11,18H,2,5,7,9-10H2,1H3. The van der Waals surface area contributed by atoms with Gasteiger partial charge in [-0.2, -0.15) is 0 Å². The van der Waals surface area contributed by atoms with Crippen LogP contribution < -0.4 is 4.74 Å². The number of hydrogen-bond acceptors (Lipinski definition) is 4. The van der Waals surface area contributed by atoms with Gasteiger partial charge in [-0.05, 0) is 25.8 Å². The summed E-state index contributed by atoms with van der Waals surface area (Å²) >= 11 is 0. The molecule has 1 aromatic carbocycles. The third-order valence-corrected chi connectivity index (χ3v) is 2.78. The average Bonchev–Trinajstić information content (AvgIpc) is 2.87. The smallest absolute Gasteiger partial charge is 0.124 e. The zero-order chi connectivity index (χ0) is 13.5. The van der Waals surface area contributed by atoms with Gasteiger partial charge in [0.15, 0.2) is 0 Å². The van der Waals surface area contributed by atoms with Crippen LogP contribution in [0, 0.1) is 0 Å². The van der Waals surface area contributed by atoms with Crippen LogP contribution in [-0.2, 0) is 13.0 Å². The summed E-state index contributed by atoms with van der Waals surface area (Å²) in [5.74, 6) is 0.886. The number of aliphatic hydroxyl groups excluding tert-OH is 1. The molecule has 1 aromatic heterocycles. The van der Waals surface area contributed by atoms with Crippen molar-refractivity contribution in [2.24, 2.45) is 0 Å². The Morgan fingerprint density at radius 1 is 1.32 bits per heavy atom. The molecule has 1 N–H and O–H groups in total. The lowest BCUT2D eigenvalue weighted by Gasteiger charge is -2.09. The summed E-state index contributed by atoms with van der Waals surface area (Å²) in [6, 6.07) is 7.94. The quantitative estimate of drug-likeness (QED) is 0.823. The Kier molecular flexibility index (Phi) is 4.92. The van der Waals surface area contributed by atoms with Gasteiger partial charge in [0.2, 0.25) is 0 Å². The predicted molar refractivity (Wildman–Crippen MR) is 72.1 cm³/mol. The maximum Gasteiger partial charge on any atom is 0.124 e. The van der Waals surface area contributed by atoms with Crippen molar-refractivity contribution in [3.05, 3.63) is 41.7 Å². The van der Waals surface area contributed by atoms with Gasteiger partial charge in [-0.3, -0.25) is 0 Å². The molecule has 2 rings (SSSR count). The minimum Gasteiger partial charge on any atom is -0.494 e. The van der Waals surface area contributed by atoms with Crippen molar-refractivity contribution in [1.29, 1.82) is 0 Å². The van der Waals surface area contributed by atoms with Crippen LogP contribution in [0.1, 0.15) is 24.6 Å². The van der Waals surface area contributed by atoms with Crippen molar-refractivity contribution in [3.63, 3.8) is 0 Å². The van der Waals surface area contributed by atoms with Gasteiger partial charge in [0.1, 0.15) is 5.75 Å². The summed E-state index contributed by atoms with van der Waals surface area (Å²) < 4.78 is 7.38. The summed E-state index contributed by atoms with van der Waals surface area (Å²) in [4.78, 5) is 0. The van der Waals surface area contributed by atoms with E-state index in [2.05, 4.69) is 10.3 Å². The molecular weight excluding hydrogens is 242 g/mol. The third kappa shape index (κ3) is 3.79. The van der Waals surface area contributed by atoms with E-state index in [0.29, 0.717) is 19.6 Å². The number of rotatable bonds is 7. The molecule has 2 aromatic rings. The van der Waals surface area contributed by atoms with Gasteiger partial charge in [-0.15, -0.1) is 5.10 Å². The number of nitrogens with zero attached hydrogens (tertiary/aromatic N) is 3. The maximum atomic E-state index is 8.79. The van der Waals surface area contributed by atoms with Crippen LogP contribution in [0.25, 0.3) is 0 Å². The van der Waals surface area contributed by atoms with E-state index in [-0.39, 0.29) is 6.61 Å². The number of aromatic nitrogens is 3. The van der Waals surface area contributed by atoms with Crippen molar-refractivity contribution in [2.45, 2.75) is 26.3 Å². The zero-order valence-corrected chi connectivity index (χ0v) is 11.1. The monoisotopic (exact) mass is 261 g/mol. The highest BCUT2D eigenvalue weighted by Crippen LogP contribution is 2.18. The molecule has 0 saturated carbocycles. The van der Waals surface area contributed by atoms with Gasteiger partial charge in [-0.1, -0.05) is 23.4 Å². The number of ether oxygens (including phenoxy) is 1. The Bertz CT molecular complexity index is 511. The molecule has 0 atom stereocenters.